The molecule has 18 heavy (non-hydrogen) atoms. The highest BCUT2D eigenvalue weighted by atomic mass is 127. The van der Waals surface area contributed by atoms with Crippen LogP contribution >= 0.6 is 22.6 Å². The highest BCUT2D eigenvalue weighted by Crippen LogP contribution is 2.11. The molecule has 98 valence electrons. The predicted molar refractivity (Wildman–Crippen MR) is 77.5 cm³/mol. The van der Waals surface area contributed by atoms with E-state index in [-0.39, 0.29) is 18.9 Å². The summed E-state index contributed by atoms with van der Waals surface area (Å²) in [6.07, 6.45) is 0.636. The lowest BCUT2D eigenvalue weighted by Crippen LogP contribution is -2.29. The Morgan fingerprint density at radius 3 is 2.78 bits per heavy atom. The molecule has 0 aliphatic rings. The lowest BCUT2D eigenvalue weighted by molar-refractivity contribution is -0.137. The fourth-order valence-corrected chi connectivity index (χ4v) is 1.88. The first-order chi connectivity index (χ1) is 8.58. The van der Waals surface area contributed by atoms with Crippen LogP contribution in [0.1, 0.15) is 12.8 Å². The molecule has 6 heteroatoms. The number of aliphatic carboxylic acids is 1. The second kappa shape index (κ2) is 8.04. The van der Waals surface area contributed by atoms with Gasteiger partial charge in [0.1, 0.15) is 0 Å². The number of anilines is 1. The number of benzene rings is 1. The van der Waals surface area contributed by atoms with Crippen molar-refractivity contribution >= 4 is 40.2 Å². The Bertz CT molecular complexity index is 424. The van der Waals surface area contributed by atoms with Gasteiger partial charge in [-0.15, -0.1) is 0 Å². The number of hydrogen-bond donors (Lipinski definition) is 3. The van der Waals surface area contributed by atoms with Crippen LogP contribution in [0.25, 0.3) is 0 Å². The molecule has 0 saturated carbocycles. The number of rotatable bonds is 7. The third-order valence-electron chi connectivity index (χ3n) is 2.14. The number of hydrogen-bond acceptors (Lipinski definition) is 3. The molecule has 1 rings (SSSR count). The van der Waals surface area contributed by atoms with Crippen molar-refractivity contribution in [3.8, 4) is 0 Å². The van der Waals surface area contributed by atoms with Crippen LogP contribution in [0.15, 0.2) is 24.3 Å². The minimum absolute atomic E-state index is 0.117. The summed E-state index contributed by atoms with van der Waals surface area (Å²) in [6.45, 7) is 0.705. The number of carboxylic acid groups (broad SMARTS) is 1. The van der Waals surface area contributed by atoms with Crippen LogP contribution in [-0.4, -0.2) is 30.1 Å². The van der Waals surface area contributed by atoms with E-state index in [4.69, 9.17) is 5.11 Å². The highest BCUT2D eigenvalue weighted by Gasteiger charge is 2.02. The molecule has 0 unspecified atom stereocenters. The summed E-state index contributed by atoms with van der Waals surface area (Å²) in [6, 6.07) is 7.52. The highest BCUT2D eigenvalue weighted by molar-refractivity contribution is 14.1. The van der Waals surface area contributed by atoms with Crippen molar-refractivity contribution in [2.75, 3.05) is 18.4 Å². The Kier molecular flexibility index (Phi) is 6.66. The Hall–Kier alpha value is -1.15. The van der Waals surface area contributed by atoms with E-state index in [1.165, 1.54) is 0 Å². The van der Waals surface area contributed by atoms with Gasteiger partial charge >= 0.3 is 5.97 Å². The first-order valence-corrected chi connectivity index (χ1v) is 6.64. The van der Waals surface area contributed by atoms with Crippen LogP contribution in [-0.2, 0) is 9.59 Å². The van der Waals surface area contributed by atoms with Crippen molar-refractivity contribution in [3.05, 3.63) is 27.8 Å². The van der Waals surface area contributed by atoms with Crippen molar-refractivity contribution in [2.45, 2.75) is 12.8 Å². The van der Waals surface area contributed by atoms with Gasteiger partial charge in [-0.05, 0) is 53.8 Å². The molecule has 5 nitrogen and oxygen atoms in total. The zero-order chi connectivity index (χ0) is 13.4. The van der Waals surface area contributed by atoms with Gasteiger partial charge in [0, 0.05) is 15.7 Å². The van der Waals surface area contributed by atoms with Gasteiger partial charge in [-0.3, -0.25) is 9.59 Å². The molecule has 0 spiro atoms. The number of halogens is 1. The molecule has 0 heterocycles. The Morgan fingerprint density at radius 1 is 1.33 bits per heavy atom. The summed E-state index contributed by atoms with van der Waals surface area (Å²) in [5, 5.41) is 14.1. The normalized spacial score (nSPS) is 10.1. The average molecular weight is 362 g/mol. The van der Waals surface area contributed by atoms with E-state index >= 15 is 0 Å². The van der Waals surface area contributed by atoms with Gasteiger partial charge in [-0.1, -0.05) is 6.07 Å². The van der Waals surface area contributed by atoms with E-state index in [0.29, 0.717) is 13.0 Å². The number of carboxylic acids is 1. The van der Waals surface area contributed by atoms with Crippen LogP contribution in [0.4, 0.5) is 5.69 Å². The molecule has 0 saturated heterocycles. The minimum Gasteiger partial charge on any atom is -0.481 e. The van der Waals surface area contributed by atoms with Crippen molar-refractivity contribution < 1.29 is 14.7 Å². The molecule has 3 N–H and O–H groups in total. The second-order valence-electron chi connectivity index (χ2n) is 3.73. The van der Waals surface area contributed by atoms with Crippen molar-refractivity contribution in [1.29, 1.82) is 0 Å². The molecule has 0 fully saturated rings. The molecule has 0 radical (unpaired) electrons. The summed E-state index contributed by atoms with van der Waals surface area (Å²) in [5.41, 5.74) is 0.763. The van der Waals surface area contributed by atoms with E-state index in [0.717, 1.165) is 9.26 Å². The maximum absolute atomic E-state index is 11.5. The quantitative estimate of drug-likeness (QED) is 0.510. The van der Waals surface area contributed by atoms with Crippen LogP contribution in [0.2, 0.25) is 0 Å². The number of carbonyl (C=O) groups is 2. The molecule has 0 bridgehead atoms. The fourth-order valence-electron chi connectivity index (χ4n) is 1.34. The summed E-state index contributed by atoms with van der Waals surface area (Å²) in [4.78, 5) is 21.8. The molecule has 0 aliphatic carbocycles. The molecular formula is C12H15IN2O3. The van der Waals surface area contributed by atoms with Crippen LogP contribution in [0.3, 0.4) is 0 Å². The van der Waals surface area contributed by atoms with Crippen molar-refractivity contribution in [1.82, 2.24) is 5.32 Å². The maximum atomic E-state index is 11.5. The van der Waals surface area contributed by atoms with E-state index in [1.54, 1.807) is 0 Å². The SMILES string of the molecule is O=C(O)CCCNCC(=O)Nc1cccc(I)c1. The molecular weight excluding hydrogens is 347 g/mol. The predicted octanol–water partition coefficient (Wildman–Crippen LogP) is 1.68. The zero-order valence-corrected chi connectivity index (χ0v) is 11.9. The molecule has 0 aliphatic heterocycles. The number of carbonyl (C=O) groups excluding carboxylic acids is 1. The average Bonchev–Trinajstić information content (AvgIpc) is 2.28. The second-order valence-corrected chi connectivity index (χ2v) is 4.98. The Morgan fingerprint density at radius 2 is 2.11 bits per heavy atom. The minimum atomic E-state index is -0.819. The molecule has 1 aromatic carbocycles. The van der Waals surface area contributed by atoms with E-state index in [2.05, 4.69) is 33.2 Å². The third-order valence-corrected chi connectivity index (χ3v) is 2.81. The Balaban J connectivity index is 2.20. The van der Waals surface area contributed by atoms with E-state index in [1.807, 2.05) is 24.3 Å². The van der Waals surface area contributed by atoms with Crippen LogP contribution in [0, 0.1) is 3.57 Å². The largest absolute Gasteiger partial charge is 0.481 e. The first kappa shape index (κ1) is 14.9. The zero-order valence-electron chi connectivity index (χ0n) is 9.78. The molecule has 0 atom stereocenters. The molecule has 1 aromatic rings. The molecule has 1 amide bonds. The van der Waals surface area contributed by atoms with Gasteiger partial charge in [0.2, 0.25) is 5.91 Å². The topological polar surface area (TPSA) is 78.4 Å². The summed E-state index contributed by atoms with van der Waals surface area (Å²) in [5.74, 6) is -0.951. The lowest BCUT2D eigenvalue weighted by Gasteiger charge is -2.06. The summed E-state index contributed by atoms with van der Waals surface area (Å²) in [7, 11) is 0. The summed E-state index contributed by atoms with van der Waals surface area (Å²) < 4.78 is 1.06. The van der Waals surface area contributed by atoms with Crippen LogP contribution in [0.5, 0.6) is 0 Å². The van der Waals surface area contributed by atoms with Crippen molar-refractivity contribution in [2.24, 2.45) is 0 Å². The van der Waals surface area contributed by atoms with Gasteiger partial charge in [0.05, 0.1) is 6.54 Å². The van der Waals surface area contributed by atoms with Crippen LogP contribution < -0.4 is 10.6 Å². The van der Waals surface area contributed by atoms with Gasteiger partial charge in [-0.2, -0.15) is 0 Å². The monoisotopic (exact) mass is 362 g/mol. The number of nitrogens with one attached hydrogen (secondary N) is 2. The van der Waals surface area contributed by atoms with E-state index < -0.39 is 5.97 Å². The number of amides is 1. The first-order valence-electron chi connectivity index (χ1n) is 5.56. The van der Waals surface area contributed by atoms with Gasteiger partial charge in [-0.25, -0.2) is 0 Å². The van der Waals surface area contributed by atoms with Gasteiger partial charge < -0.3 is 15.7 Å². The summed E-state index contributed by atoms with van der Waals surface area (Å²) >= 11 is 2.18. The van der Waals surface area contributed by atoms with Gasteiger partial charge in [0.15, 0.2) is 0 Å². The standard InChI is InChI=1S/C12H15IN2O3/c13-9-3-1-4-10(7-9)15-11(16)8-14-6-2-5-12(17)18/h1,3-4,7,14H,2,5-6,8H2,(H,15,16)(H,17,18). The lowest BCUT2D eigenvalue weighted by atomic mass is 10.3. The van der Waals surface area contributed by atoms with Crippen molar-refractivity contribution in [3.63, 3.8) is 0 Å². The third kappa shape index (κ3) is 6.55. The Labute approximate surface area is 119 Å². The maximum Gasteiger partial charge on any atom is 0.303 e. The smallest absolute Gasteiger partial charge is 0.303 e. The van der Waals surface area contributed by atoms with E-state index in [9.17, 15) is 9.59 Å². The molecule has 0 aromatic heterocycles. The van der Waals surface area contributed by atoms with Gasteiger partial charge in [0.25, 0.3) is 0 Å². The fraction of sp³-hybridized carbons (Fsp3) is 0.333.